The molecule has 164 valence electrons. The predicted molar refractivity (Wildman–Crippen MR) is 120 cm³/mol. The highest BCUT2D eigenvalue weighted by Gasteiger charge is 2.21. The molecule has 0 aliphatic rings. The van der Waals surface area contributed by atoms with Crippen LogP contribution >= 0.6 is 0 Å². The molecule has 1 amide bonds. The standard InChI is InChI=1S/C25H39N3O2/c1-6-7-16-28(24(29)30-25(2,3)4)17-10-8-9-15-27-20-13-23(14-21-27)22-11-18-26(5)19-12-22/h11-14,18-21H,6-10,15-17H2,1-5H3/q+2. The number of carbonyl (C=O) groups is 1. The number of aryl methyl sites for hydroxylation is 2. The van der Waals surface area contributed by atoms with Gasteiger partial charge in [-0.1, -0.05) is 13.3 Å². The predicted octanol–water partition coefficient (Wildman–Crippen LogP) is 4.67. The lowest BCUT2D eigenvalue weighted by Gasteiger charge is -2.27. The molecule has 0 aliphatic heterocycles. The molecule has 0 aliphatic carbocycles. The largest absolute Gasteiger partial charge is 0.444 e. The lowest BCUT2D eigenvalue weighted by molar-refractivity contribution is -0.697. The molecule has 0 saturated heterocycles. The SMILES string of the molecule is CCCCN(CCCCC[n+]1ccc(-c2cc[n+](C)cc2)cc1)C(=O)OC(C)(C)C. The molecule has 0 radical (unpaired) electrons. The van der Waals surface area contributed by atoms with Crippen molar-refractivity contribution in [2.45, 2.75) is 71.9 Å². The maximum Gasteiger partial charge on any atom is 0.410 e. The van der Waals surface area contributed by atoms with E-state index in [0.717, 1.165) is 51.7 Å². The third-order valence-electron chi connectivity index (χ3n) is 4.98. The van der Waals surface area contributed by atoms with Crippen molar-refractivity contribution in [1.29, 1.82) is 0 Å². The van der Waals surface area contributed by atoms with Crippen molar-refractivity contribution in [1.82, 2.24) is 4.90 Å². The summed E-state index contributed by atoms with van der Waals surface area (Å²) >= 11 is 0. The molecule has 2 aromatic heterocycles. The topological polar surface area (TPSA) is 37.3 Å². The van der Waals surface area contributed by atoms with E-state index < -0.39 is 5.60 Å². The Balaban J connectivity index is 1.76. The highest BCUT2D eigenvalue weighted by molar-refractivity contribution is 5.68. The maximum absolute atomic E-state index is 12.4. The number of aromatic nitrogens is 2. The summed E-state index contributed by atoms with van der Waals surface area (Å²) in [6.07, 6.45) is 13.5. The number of nitrogens with zero attached hydrogens (tertiary/aromatic N) is 3. The molecule has 0 spiro atoms. The van der Waals surface area contributed by atoms with E-state index in [1.54, 1.807) is 0 Å². The Bertz CT molecular complexity index is 764. The second-order valence-electron chi connectivity index (χ2n) is 8.96. The first-order valence-electron chi connectivity index (χ1n) is 11.2. The van der Waals surface area contributed by atoms with E-state index in [2.05, 4.69) is 60.5 Å². The van der Waals surface area contributed by atoms with E-state index >= 15 is 0 Å². The lowest BCUT2D eigenvalue weighted by Crippen LogP contribution is -2.38. The van der Waals surface area contributed by atoms with Gasteiger partial charge >= 0.3 is 6.09 Å². The molecule has 2 rings (SSSR count). The fraction of sp³-hybridized carbons (Fsp3) is 0.560. The monoisotopic (exact) mass is 413 g/mol. The number of hydrogen-bond acceptors (Lipinski definition) is 2. The molecule has 0 unspecified atom stereocenters. The molecule has 0 saturated carbocycles. The second-order valence-corrected chi connectivity index (χ2v) is 8.96. The number of rotatable bonds is 10. The van der Waals surface area contributed by atoms with Crippen LogP contribution < -0.4 is 9.13 Å². The van der Waals surface area contributed by atoms with Crippen LogP contribution in [0.1, 0.15) is 59.8 Å². The van der Waals surface area contributed by atoms with Crippen LogP contribution in [0.5, 0.6) is 0 Å². The Morgan fingerprint density at radius 1 is 0.900 bits per heavy atom. The first-order valence-corrected chi connectivity index (χ1v) is 11.2. The van der Waals surface area contributed by atoms with Crippen LogP contribution in [-0.4, -0.2) is 29.7 Å². The molecule has 5 heteroatoms. The van der Waals surface area contributed by atoms with Gasteiger partial charge in [-0.05, 0) is 51.2 Å². The minimum atomic E-state index is -0.443. The van der Waals surface area contributed by atoms with Crippen LogP contribution in [-0.2, 0) is 18.3 Å². The number of carbonyl (C=O) groups excluding carboxylic acids is 1. The summed E-state index contributed by atoms with van der Waals surface area (Å²) in [6, 6.07) is 8.61. The van der Waals surface area contributed by atoms with Crippen LogP contribution in [0.15, 0.2) is 49.1 Å². The van der Waals surface area contributed by atoms with Gasteiger partial charge in [0.2, 0.25) is 0 Å². The van der Waals surface area contributed by atoms with Crippen LogP contribution in [0.2, 0.25) is 0 Å². The summed E-state index contributed by atoms with van der Waals surface area (Å²) < 4.78 is 9.83. The minimum Gasteiger partial charge on any atom is -0.444 e. The fourth-order valence-electron chi connectivity index (χ4n) is 3.24. The van der Waals surface area contributed by atoms with Crippen LogP contribution in [0.3, 0.4) is 0 Å². The molecule has 0 bridgehead atoms. The van der Waals surface area contributed by atoms with Crippen molar-refractivity contribution >= 4 is 6.09 Å². The van der Waals surface area contributed by atoms with Gasteiger partial charge < -0.3 is 9.64 Å². The minimum absolute atomic E-state index is 0.185. The Hall–Kier alpha value is -2.43. The molecule has 2 aromatic rings. The summed E-state index contributed by atoms with van der Waals surface area (Å²) in [6.45, 7) is 10.4. The van der Waals surface area contributed by atoms with Crippen LogP contribution in [0.4, 0.5) is 4.79 Å². The number of unbranched alkanes of at least 4 members (excludes halogenated alkanes) is 3. The van der Waals surface area contributed by atoms with Gasteiger partial charge in [0.25, 0.3) is 0 Å². The zero-order chi connectivity index (χ0) is 22.0. The molecule has 0 atom stereocenters. The van der Waals surface area contributed by atoms with Crippen molar-refractivity contribution in [3.05, 3.63) is 49.1 Å². The first kappa shape index (κ1) is 23.8. The highest BCUT2D eigenvalue weighted by atomic mass is 16.6. The molecule has 0 aromatic carbocycles. The smallest absolute Gasteiger partial charge is 0.410 e. The number of amides is 1. The average molecular weight is 414 g/mol. The van der Waals surface area contributed by atoms with Crippen LogP contribution in [0.25, 0.3) is 11.1 Å². The molecular formula is C25H39N3O2+2. The molecule has 0 N–H and O–H groups in total. The van der Waals surface area contributed by atoms with E-state index in [0.29, 0.717) is 0 Å². The normalized spacial score (nSPS) is 11.4. The van der Waals surface area contributed by atoms with Crippen LogP contribution in [0, 0.1) is 0 Å². The summed E-state index contributed by atoms with van der Waals surface area (Å²) in [7, 11) is 2.03. The summed E-state index contributed by atoms with van der Waals surface area (Å²) in [4.78, 5) is 14.3. The Labute approximate surface area is 182 Å². The quantitative estimate of drug-likeness (QED) is 0.419. The van der Waals surface area contributed by atoms with Gasteiger partial charge in [-0.15, -0.1) is 0 Å². The number of hydrogen-bond donors (Lipinski definition) is 0. The van der Waals surface area contributed by atoms with Gasteiger partial charge in [-0.2, -0.15) is 0 Å². The Morgan fingerprint density at radius 2 is 1.47 bits per heavy atom. The third kappa shape index (κ3) is 8.52. The third-order valence-corrected chi connectivity index (χ3v) is 4.98. The van der Waals surface area contributed by atoms with Gasteiger partial charge in [0.05, 0.1) is 0 Å². The molecule has 5 nitrogen and oxygen atoms in total. The van der Waals surface area contributed by atoms with Crippen molar-refractivity contribution in [3.8, 4) is 11.1 Å². The zero-order valence-electron chi connectivity index (χ0n) is 19.4. The molecule has 2 heterocycles. The number of ether oxygens (including phenoxy) is 1. The Morgan fingerprint density at radius 3 is 2.03 bits per heavy atom. The molecule has 0 fully saturated rings. The average Bonchev–Trinajstić information content (AvgIpc) is 2.70. The van der Waals surface area contributed by atoms with E-state index in [-0.39, 0.29) is 6.09 Å². The number of pyridine rings is 2. The van der Waals surface area contributed by atoms with Crippen molar-refractivity contribution in [2.75, 3.05) is 13.1 Å². The highest BCUT2D eigenvalue weighted by Crippen LogP contribution is 2.15. The molecule has 30 heavy (non-hydrogen) atoms. The van der Waals surface area contributed by atoms with E-state index in [1.807, 2.05) is 37.3 Å². The fourth-order valence-corrected chi connectivity index (χ4v) is 3.24. The van der Waals surface area contributed by atoms with Crippen molar-refractivity contribution in [3.63, 3.8) is 0 Å². The van der Waals surface area contributed by atoms with E-state index in [1.165, 1.54) is 11.1 Å². The van der Waals surface area contributed by atoms with Crippen molar-refractivity contribution in [2.24, 2.45) is 7.05 Å². The van der Waals surface area contributed by atoms with Gasteiger partial charge in [-0.25, -0.2) is 13.9 Å². The molecular weight excluding hydrogens is 374 g/mol. The van der Waals surface area contributed by atoms with Gasteiger partial charge in [0.15, 0.2) is 24.8 Å². The summed E-state index contributed by atoms with van der Waals surface area (Å²) in [5.74, 6) is 0. The Kier molecular flexibility index (Phi) is 9.28. The van der Waals surface area contributed by atoms with Gasteiger partial charge in [-0.3, -0.25) is 0 Å². The van der Waals surface area contributed by atoms with Gasteiger partial charge in [0.1, 0.15) is 19.2 Å². The van der Waals surface area contributed by atoms with E-state index in [4.69, 9.17) is 4.74 Å². The lowest BCUT2D eigenvalue weighted by atomic mass is 10.1. The maximum atomic E-state index is 12.4. The summed E-state index contributed by atoms with van der Waals surface area (Å²) in [5.41, 5.74) is 2.02. The zero-order valence-corrected chi connectivity index (χ0v) is 19.4. The van der Waals surface area contributed by atoms with E-state index in [9.17, 15) is 4.79 Å². The van der Waals surface area contributed by atoms with Crippen molar-refractivity contribution < 1.29 is 18.7 Å². The van der Waals surface area contributed by atoms with Gasteiger partial charge in [0, 0.05) is 43.8 Å². The second kappa shape index (κ2) is 11.7. The summed E-state index contributed by atoms with van der Waals surface area (Å²) in [5, 5.41) is 0. The first-order chi connectivity index (χ1) is 14.3.